The zero-order valence-electron chi connectivity index (χ0n) is 14.6. The van der Waals surface area contributed by atoms with Crippen molar-refractivity contribution in [2.75, 3.05) is 5.32 Å². The smallest absolute Gasteiger partial charge is 0.288 e. The van der Waals surface area contributed by atoms with Gasteiger partial charge in [0.15, 0.2) is 5.78 Å². The van der Waals surface area contributed by atoms with E-state index in [1.807, 2.05) is 6.07 Å². The molecule has 0 aliphatic rings. The number of nitro groups is 1. The lowest BCUT2D eigenvalue weighted by atomic mass is 9.97. The Hall–Kier alpha value is -2.89. The van der Waals surface area contributed by atoms with Crippen molar-refractivity contribution in [3.8, 4) is 0 Å². The Balaban J connectivity index is 1.94. The van der Waals surface area contributed by atoms with E-state index in [0.29, 0.717) is 16.1 Å². The number of nitrogens with one attached hydrogen (secondary N) is 1. The van der Waals surface area contributed by atoms with Gasteiger partial charge in [-0.1, -0.05) is 59.6 Å². The van der Waals surface area contributed by atoms with E-state index in [4.69, 9.17) is 23.2 Å². The maximum atomic E-state index is 12.7. The fourth-order valence-electron chi connectivity index (χ4n) is 2.81. The van der Waals surface area contributed by atoms with Crippen LogP contribution in [0.3, 0.4) is 0 Å². The Kier molecular flexibility index (Phi) is 6.29. The van der Waals surface area contributed by atoms with Gasteiger partial charge in [-0.2, -0.15) is 0 Å². The average Bonchev–Trinajstić information content (AvgIpc) is 2.70. The third-order valence-corrected chi connectivity index (χ3v) is 4.81. The van der Waals surface area contributed by atoms with Crippen molar-refractivity contribution < 1.29 is 9.72 Å². The van der Waals surface area contributed by atoms with Crippen LogP contribution in [0, 0.1) is 10.1 Å². The molecule has 142 valence electrons. The molecule has 7 heteroatoms. The second kappa shape index (κ2) is 8.87. The first kappa shape index (κ1) is 19.9. The minimum atomic E-state index is -0.537. The minimum absolute atomic E-state index is 0.0494. The molecule has 1 atom stereocenters. The molecule has 0 saturated heterocycles. The Bertz CT molecular complexity index is 992. The minimum Gasteiger partial charge on any atom is -0.378 e. The van der Waals surface area contributed by atoms with Crippen LogP contribution >= 0.6 is 23.2 Å². The maximum Gasteiger partial charge on any atom is 0.288 e. The van der Waals surface area contributed by atoms with Crippen LogP contribution in [-0.2, 0) is 0 Å². The molecule has 0 heterocycles. The van der Waals surface area contributed by atoms with Gasteiger partial charge in [0, 0.05) is 28.8 Å². The number of nitrogens with zero attached hydrogens (tertiary/aromatic N) is 1. The molecule has 1 unspecified atom stereocenters. The van der Waals surface area contributed by atoms with Crippen molar-refractivity contribution >= 4 is 40.4 Å². The molecule has 0 aliphatic carbocycles. The highest BCUT2D eigenvalue weighted by atomic mass is 35.5. The molecule has 0 aliphatic heterocycles. The summed E-state index contributed by atoms with van der Waals surface area (Å²) in [5.41, 5.74) is 1.71. The van der Waals surface area contributed by atoms with E-state index in [-0.39, 0.29) is 22.9 Å². The quantitative estimate of drug-likeness (QED) is 0.278. The molecule has 0 saturated carbocycles. The van der Waals surface area contributed by atoms with Crippen LogP contribution in [0.1, 0.15) is 28.4 Å². The topological polar surface area (TPSA) is 72.2 Å². The van der Waals surface area contributed by atoms with Crippen LogP contribution in [0.4, 0.5) is 11.4 Å². The largest absolute Gasteiger partial charge is 0.378 e. The number of hydrogen-bond donors (Lipinski definition) is 1. The number of halogens is 2. The third-order valence-electron chi connectivity index (χ3n) is 4.24. The van der Waals surface area contributed by atoms with E-state index in [1.165, 1.54) is 12.1 Å². The predicted molar refractivity (Wildman–Crippen MR) is 111 cm³/mol. The number of benzene rings is 3. The summed E-state index contributed by atoms with van der Waals surface area (Å²) < 4.78 is 0. The van der Waals surface area contributed by atoms with Gasteiger partial charge in [0.05, 0.1) is 11.0 Å². The first-order chi connectivity index (χ1) is 13.4. The van der Waals surface area contributed by atoms with Crippen LogP contribution in [0.25, 0.3) is 0 Å². The van der Waals surface area contributed by atoms with Crippen molar-refractivity contribution in [3.63, 3.8) is 0 Å². The monoisotopic (exact) mass is 414 g/mol. The van der Waals surface area contributed by atoms with Crippen LogP contribution in [-0.4, -0.2) is 10.7 Å². The zero-order valence-corrected chi connectivity index (χ0v) is 16.2. The van der Waals surface area contributed by atoms with Crippen molar-refractivity contribution in [2.24, 2.45) is 0 Å². The highest BCUT2D eigenvalue weighted by Gasteiger charge is 2.21. The van der Waals surface area contributed by atoms with Gasteiger partial charge in [-0.05, 0) is 35.9 Å². The molecule has 0 radical (unpaired) electrons. The second-order valence-corrected chi connectivity index (χ2v) is 7.01. The number of ketones is 1. The first-order valence-electron chi connectivity index (χ1n) is 8.48. The number of carbonyl (C=O) groups is 1. The van der Waals surface area contributed by atoms with Gasteiger partial charge in [0.1, 0.15) is 5.02 Å². The maximum absolute atomic E-state index is 12.7. The van der Waals surface area contributed by atoms with Crippen LogP contribution < -0.4 is 5.32 Å². The van der Waals surface area contributed by atoms with Crippen molar-refractivity contribution in [2.45, 2.75) is 12.5 Å². The van der Waals surface area contributed by atoms with E-state index in [2.05, 4.69) is 5.32 Å². The molecule has 0 amide bonds. The van der Waals surface area contributed by atoms with Crippen LogP contribution in [0.2, 0.25) is 10.0 Å². The number of nitro benzene ring substituents is 1. The zero-order chi connectivity index (χ0) is 20.1. The van der Waals surface area contributed by atoms with Crippen molar-refractivity contribution in [1.82, 2.24) is 0 Å². The summed E-state index contributed by atoms with van der Waals surface area (Å²) >= 11 is 11.9. The average molecular weight is 415 g/mol. The summed E-state index contributed by atoms with van der Waals surface area (Å²) in [7, 11) is 0. The Labute approximate surface area is 172 Å². The van der Waals surface area contributed by atoms with Gasteiger partial charge in [-0.25, -0.2) is 0 Å². The van der Waals surface area contributed by atoms with E-state index in [1.54, 1.807) is 54.6 Å². The second-order valence-electron chi connectivity index (χ2n) is 6.17. The first-order valence-corrected chi connectivity index (χ1v) is 9.24. The summed E-state index contributed by atoms with van der Waals surface area (Å²) in [6.07, 6.45) is 0.116. The van der Waals surface area contributed by atoms with Crippen molar-refractivity contribution in [3.05, 3.63) is 104 Å². The predicted octanol–water partition coefficient (Wildman–Crippen LogP) is 6.33. The summed E-state index contributed by atoms with van der Waals surface area (Å²) in [6, 6.07) is 20.0. The van der Waals surface area contributed by atoms with Crippen LogP contribution in [0.15, 0.2) is 72.8 Å². The van der Waals surface area contributed by atoms with E-state index < -0.39 is 11.0 Å². The lowest BCUT2D eigenvalue weighted by Gasteiger charge is -2.20. The van der Waals surface area contributed by atoms with Gasteiger partial charge in [-0.15, -0.1) is 0 Å². The van der Waals surface area contributed by atoms with Gasteiger partial charge in [0.2, 0.25) is 0 Å². The lowest BCUT2D eigenvalue weighted by Crippen LogP contribution is -2.16. The number of Topliss-reactive ketones (excluding diaryl/α,β-unsaturated/α-hetero) is 1. The van der Waals surface area contributed by atoms with Gasteiger partial charge in [0.25, 0.3) is 5.69 Å². The molecule has 28 heavy (non-hydrogen) atoms. The Morgan fingerprint density at radius 2 is 1.68 bits per heavy atom. The van der Waals surface area contributed by atoms with Crippen LogP contribution in [0.5, 0.6) is 0 Å². The Morgan fingerprint density at radius 1 is 1.00 bits per heavy atom. The molecule has 0 bridgehead atoms. The molecule has 3 aromatic carbocycles. The Morgan fingerprint density at radius 3 is 2.32 bits per heavy atom. The van der Waals surface area contributed by atoms with Gasteiger partial charge >= 0.3 is 0 Å². The normalized spacial score (nSPS) is 11.6. The van der Waals surface area contributed by atoms with Gasteiger partial charge in [-0.3, -0.25) is 14.9 Å². The molecule has 5 nitrogen and oxygen atoms in total. The lowest BCUT2D eigenvalue weighted by molar-refractivity contribution is -0.384. The number of hydrogen-bond acceptors (Lipinski definition) is 4. The SMILES string of the molecule is O=C(CC(Nc1ccc(Cl)cc1)c1ccc(Cl)c([N+](=O)[O-])c1)c1ccccc1. The molecule has 0 aromatic heterocycles. The van der Waals surface area contributed by atoms with Crippen molar-refractivity contribution in [1.29, 1.82) is 0 Å². The summed E-state index contributed by atoms with van der Waals surface area (Å²) in [5, 5.41) is 15.2. The summed E-state index contributed by atoms with van der Waals surface area (Å²) in [4.78, 5) is 23.5. The number of anilines is 1. The van der Waals surface area contributed by atoms with E-state index in [9.17, 15) is 14.9 Å². The fraction of sp³-hybridized carbons (Fsp3) is 0.0952. The molecule has 1 N–H and O–H groups in total. The summed E-state index contributed by atoms with van der Waals surface area (Å²) in [5.74, 6) is -0.0790. The standard InChI is InChI=1S/C21H16Cl2N2O3/c22-16-7-9-17(10-8-16)24-19(13-21(26)14-4-2-1-3-5-14)15-6-11-18(23)20(12-15)25(27)28/h1-12,19,24H,13H2. The van der Waals surface area contributed by atoms with E-state index in [0.717, 1.165) is 5.69 Å². The molecular formula is C21H16Cl2N2O3. The summed E-state index contributed by atoms with van der Waals surface area (Å²) in [6.45, 7) is 0. The molecular weight excluding hydrogens is 399 g/mol. The number of carbonyl (C=O) groups excluding carboxylic acids is 1. The molecule has 3 aromatic rings. The molecule has 0 spiro atoms. The molecule has 3 rings (SSSR count). The van der Waals surface area contributed by atoms with E-state index >= 15 is 0 Å². The molecule has 0 fully saturated rings. The van der Waals surface area contributed by atoms with Gasteiger partial charge < -0.3 is 5.32 Å². The fourth-order valence-corrected chi connectivity index (χ4v) is 3.13. The third kappa shape index (κ3) is 4.88. The number of rotatable bonds is 7. The highest BCUT2D eigenvalue weighted by Crippen LogP contribution is 2.31. The highest BCUT2D eigenvalue weighted by molar-refractivity contribution is 6.32.